The Morgan fingerprint density at radius 3 is 0.600 bits per heavy atom. The molecule has 0 aromatic carbocycles. The van der Waals surface area contributed by atoms with Crippen LogP contribution >= 0.6 is 95.9 Å². The van der Waals surface area contributed by atoms with Gasteiger partial charge in [-0.05, 0) is 0 Å². The van der Waals surface area contributed by atoms with Crippen LogP contribution < -0.4 is 29.6 Å². The number of rotatable bonds is 0. The Hall–Kier alpha value is 3.92. The van der Waals surface area contributed by atoms with Crippen LogP contribution in [-0.4, -0.2) is 0 Å². The first-order valence-corrected chi connectivity index (χ1v) is 0. The van der Waals surface area contributed by atoms with E-state index in [1.165, 1.54) is 0 Å². The molecule has 5 heteroatoms. The molecule has 0 unspecified atom stereocenters. The molecule has 0 saturated carbocycles. The minimum absolute atomic E-state index is 0. The van der Waals surface area contributed by atoms with E-state index in [2.05, 4.69) is 0 Å². The molecule has 0 atom stereocenters. The van der Waals surface area contributed by atoms with Crippen LogP contribution in [0.3, 0.4) is 0 Å². The summed E-state index contributed by atoms with van der Waals surface area (Å²) >= 11 is 0. The van der Waals surface area contributed by atoms with Crippen molar-refractivity contribution in [3.8, 4) is 0 Å². The quantitative estimate of drug-likeness (QED) is 0.292. The molecule has 0 aliphatic heterocycles. The molecule has 0 heterocycles. The van der Waals surface area contributed by atoms with Crippen LogP contribution in [0.1, 0.15) is 1.43 Å². The Labute approximate surface area is 124 Å². The van der Waals surface area contributed by atoms with Crippen molar-refractivity contribution < 1.29 is 31.0 Å². The molecular formula is H5I4Na. The van der Waals surface area contributed by atoms with Gasteiger partial charge in [0.2, 0.25) is 0 Å². The average molecular weight is 536 g/mol. The second-order valence-electron chi connectivity index (χ2n) is 0. The number of halogens is 4. The Balaban J connectivity index is 0. The first-order valence-electron chi connectivity index (χ1n) is 0. The van der Waals surface area contributed by atoms with Gasteiger partial charge in [-0.25, -0.2) is 0 Å². The van der Waals surface area contributed by atoms with Crippen LogP contribution in [-0.2, 0) is 0 Å². The molecule has 0 nitrogen and oxygen atoms in total. The Bertz CT molecular complexity index is 7.51. The second-order valence-corrected chi connectivity index (χ2v) is 0. The van der Waals surface area contributed by atoms with Gasteiger partial charge in [-0.3, -0.25) is 0 Å². The van der Waals surface area contributed by atoms with E-state index in [0.717, 1.165) is 0 Å². The molecule has 0 rings (SSSR count). The number of hydrogen-bond acceptors (Lipinski definition) is 0. The normalized spacial score (nSPS) is 0. The molecule has 0 radical (unpaired) electrons. The summed E-state index contributed by atoms with van der Waals surface area (Å²) in [5, 5.41) is 0. The summed E-state index contributed by atoms with van der Waals surface area (Å²) in [7, 11) is 0. The van der Waals surface area contributed by atoms with Crippen molar-refractivity contribution in [3.63, 3.8) is 0 Å². The van der Waals surface area contributed by atoms with Gasteiger partial charge in [-0.2, -0.15) is 0 Å². The molecular weight excluding hydrogens is 531 g/mol. The van der Waals surface area contributed by atoms with Crippen LogP contribution in [0.2, 0.25) is 0 Å². The fraction of sp³-hybridized carbons (Fsp3) is 0. The molecule has 0 aromatic rings. The summed E-state index contributed by atoms with van der Waals surface area (Å²) in [5.74, 6) is 0. The molecule has 0 amide bonds. The summed E-state index contributed by atoms with van der Waals surface area (Å²) in [6.07, 6.45) is 0. The van der Waals surface area contributed by atoms with Gasteiger partial charge in [0.25, 0.3) is 0 Å². The van der Waals surface area contributed by atoms with Crippen molar-refractivity contribution >= 4 is 95.9 Å². The third kappa shape index (κ3) is 18.1. The first kappa shape index (κ1) is 36.4. The molecule has 0 aromatic heterocycles. The monoisotopic (exact) mass is 536 g/mol. The van der Waals surface area contributed by atoms with Crippen molar-refractivity contribution in [2.75, 3.05) is 0 Å². The van der Waals surface area contributed by atoms with Crippen molar-refractivity contribution in [3.05, 3.63) is 0 Å². The van der Waals surface area contributed by atoms with E-state index in [0.29, 0.717) is 0 Å². The van der Waals surface area contributed by atoms with E-state index in [-0.39, 0.29) is 127 Å². The van der Waals surface area contributed by atoms with Crippen LogP contribution in [0.15, 0.2) is 0 Å². The third-order valence-electron chi connectivity index (χ3n) is 0. The molecule has 0 fully saturated rings. The third-order valence-corrected chi connectivity index (χ3v) is 0. The predicted molar refractivity (Wildman–Crippen MR) is 62.8 cm³/mol. The summed E-state index contributed by atoms with van der Waals surface area (Å²) < 4.78 is 0. The molecule has 0 spiro atoms. The van der Waals surface area contributed by atoms with Crippen LogP contribution in [0, 0.1) is 0 Å². The van der Waals surface area contributed by atoms with Gasteiger partial charge in [0.05, 0.1) is 0 Å². The minimum atomic E-state index is 0. The Kier molecular flexibility index (Phi) is 180. The standard InChI is InChI=1S/4HI.Na.H/h4*1H;;/q;;;;+1;-1. The predicted octanol–water partition coefficient (Wildman–Crippen LogP) is -0.411. The van der Waals surface area contributed by atoms with Crippen molar-refractivity contribution in [2.24, 2.45) is 0 Å². The van der Waals surface area contributed by atoms with Crippen LogP contribution in [0.5, 0.6) is 0 Å². The van der Waals surface area contributed by atoms with Gasteiger partial charge >= 0.3 is 29.6 Å². The molecule has 0 bridgehead atoms. The van der Waals surface area contributed by atoms with Gasteiger partial charge in [-0.1, -0.05) is 0 Å². The molecule has 34 valence electrons. The molecule has 0 aliphatic carbocycles. The van der Waals surface area contributed by atoms with Crippen molar-refractivity contribution in [1.82, 2.24) is 0 Å². The maximum absolute atomic E-state index is 0. The minimum Gasteiger partial charge on any atom is -1.00 e. The molecule has 5 heavy (non-hydrogen) atoms. The van der Waals surface area contributed by atoms with E-state index >= 15 is 0 Å². The van der Waals surface area contributed by atoms with Gasteiger partial charge < -0.3 is 1.43 Å². The fourth-order valence-corrected chi connectivity index (χ4v) is 0. The summed E-state index contributed by atoms with van der Waals surface area (Å²) in [4.78, 5) is 0. The Morgan fingerprint density at radius 1 is 0.600 bits per heavy atom. The SMILES string of the molecule is I.I.I.I.[H-].[Na+]. The zero-order valence-corrected chi connectivity index (χ0v) is 14.0. The van der Waals surface area contributed by atoms with Gasteiger partial charge in [0.15, 0.2) is 0 Å². The van der Waals surface area contributed by atoms with Crippen molar-refractivity contribution in [2.45, 2.75) is 0 Å². The smallest absolute Gasteiger partial charge is 1.00 e. The van der Waals surface area contributed by atoms with Gasteiger partial charge in [0, 0.05) is 0 Å². The Morgan fingerprint density at radius 2 is 0.600 bits per heavy atom. The van der Waals surface area contributed by atoms with Gasteiger partial charge in [-0.15, -0.1) is 95.9 Å². The maximum atomic E-state index is 0. The second kappa shape index (κ2) is 24.7. The van der Waals surface area contributed by atoms with Crippen LogP contribution in [0.4, 0.5) is 0 Å². The van der Waals surface area contributed by atoms with Crippen molar-refractivity contribution in [1.29, 1.82) is 0 Å². The van der Waals surface area contributed by atoms with E-state index in [1.807, 2.05) is 0 Å². The molecule has 0 saturated heterocycles. The summed E-state index contributed by atoms with van der Waals surface area (Å²) in [6.45, 7) is 0. The zero-order valence-electron chi connectivity index (χ0n) is 3.63. The van der Waals surface area contributed by atoms with E-state index < -0.39 is 0 Å². The van der Waals surface area contributed by atoms with E-state index in [9.17, 15) is 0 Å². The topological polar surface area (TPSA) is 0 Å². The number of hydrogen-bond donors (Lipinski definition) is 0. The summed E-state index contributed by atoms with van der Waals surface area (Å²) in [5.41, 5.74) is 0. The van der Waals surface area contributed by atoms with Gasteiger partial charge in [0.1, 0.15) is 0 Å². The zero-order chi connectivity index (χ0) is 0. The molecule has 0 aliphatic rings. The fourth-order valence-electron chi connectivity index (χ4n) is 0. The maximum Gasteiger partial charge on any atom is 1.00 e. The average Bonchev–Trinajstić information content (AvgIpc) is 0. The van der Waals surface area contributed by atoms with Crippen LogP contribution in [0.25, 0.3) is 0 Å². The first-order chi connectivity index (χ1) is 0. The largest absolute Gasteiger partial charge is 1.00 e. The van der Waals surface area contributed by atoms with E-state index in [1.54, 1.807) is 0 Å². The summed E-state index contributed by atoms with van der Waals surface area (Å²) in [6, 6.07) is 0. The molecule has 0 N–H and O–H groups in total. The van der Waals surface area contributed by atoms with E-state index in [4.69, 9.17) is 0 Å².